The fourth-order valence-corrected chi connectivity index (χ4v) is 1.76. The average molecular weight is 265 g/mol. The summed E-state index contributed by atoms with van der Waals surface area (Å²) in [4.78, 5) is 12.0. The lowest BCUT2D eigenvalue weighted by molar-refractivity contribution is 0.0544. The van der Waals surface area contributed by atoms with Crippen molar-refractivity contribution >= 4 is 17.0 Å². The first kappa shape index (κ1) is 13.4. The number of halogens is 1. The minimum Gasteiger partial charge on any atom is -0.494 e. The van der Waals surface area contributed by atoms with Gasteiger partial charge in [0, 0.05) is 17.6 Å². The van der Waals surface area contributed by atoms with Gasteiger partial charge in [-0.05, 0) is 32.9 Å². The zero-order valence-corrected chi connectivity index (χ0v) is 11.4. The second kappa shape index (κ2) is 4.57. The lowest BCUT2D eigenvalue weighted by Crippen LogP contribution is -2.26. The summed E-state index contributed by atoms with van der Waals surface area (Å²) < 4.78 is 25.1. The highest BCUT2D eigenvalue weighted by Crippen LogP contribution is 2.26. The summed E-state index contributed by atoms with van der Waals surface area (Å²) in [5.74, 6) is -0.368. The molecule has 0 N–H and O–H groups in total. The van der Waals surface area contributed by atoms with Gasteiger partial charge < -0.3 is 9.47 Å². The van der Waals surface area contributed by atoms with E-state index in [4.69, 9.17) is 9.47 Å². The van der Waals surface area contributed by atoms with Gasteiger partial charge in [-0.25, -0.2) is 9.18 Å². The molecular weight excluding hydrogens is 249 g/mol. The second-order valence-corrected chi connectivity index (χ2v) is 5.21. The van der Waals surface area contributed by atoms with E-state index in [1.165, 1.54) is 17.7 Å². The summed E-state index contributed by atoms with van der Waals surface area (Å²) in [7, 11) is 1.40. The maximum absolute atomic E-state index is 13.7. The summed E-state index contributed by atoms with van der Waals surface area (Å²) >= 11 is 0. The molecule has 102 valence electrons. The monoisotopic (exact) mass is 265 g/mol. The third-order valence-electron chi connectivity index (χ3n) is 2.55. The number of nitrogens with zero attached hydrogens (tertiary/aromatic N) is 1. The van der Waals surface area contributed by atoms with Crippen LogP contribution < -0.4 is 4.74 Å². The molecule has 0 radical (unpaired) electrons. The van der Waals surface area contributed by atoms with Gasteiger partial charge >= 0.3 is 6.09 Å². The highest BCUT2D eigenvalue weighted by molar-refractivity contribution is 5.90. The van der Waals surface area contributed by atoms with E-state index < -0.39 is 17.5 Å². The number of fused-ring (bicyclic) bond motifs is 1. The Hall–Kier alpha value is -2.04. The number of hydrogen-bond donors (Lipinski definition) is 0. The minimum absolute atomic E-state index is 0.148. The molecule has 5 heteroatoms. The van der Waals surface area contributed by atoms with Crippen LogP contribution in [0.2, 0.25) is 0 Å². The summed E-state index contributed by atoms with van der Waals surface area (Å²) in [6.45, 7) is 5.33. The first-order valence-corrected chi connectivity index (χ1v) is 5.90. The van der Waals surface area contributed by atoms with Crippen molar-refractivity contribution in [1.29, 1.82) is 0 Å². The Morgan fingerprint density at radius 3 is 2.58 bits per heavy atom. The van der Waals surface area contributed by atoms with Gasteiger partial charge in [0.2, 0.25) is 0 Å². The van der Waals surface area contributed by atoms with Crippen molar-refractivity contribution in [2.45, 2.75) is 26.4 Å². The topological polar surface area (TPSA) is 40.5 Å². The summed E-state index contributed by atoms with van der Waals surface area (Å²) in [5, 5.41) is 0.712. The van der Waals surface area contributed by atoms with E-state index in [1.807, 2.05) is 0 Å². The molecule has 0 amide bonds. The molecule has 4 nitrogen and oxygen atoms in total. The highest BCUT2D eigenvalue weighted by atomic mass is 19.1. The van der Waals surface area contributed by atoms with E-state index in [2.05, 4.69) is 0 Å². The summed E-state index contributed by atoms with van der Waals surface area (Å²) in [6, 6.07) is 4.52. The van der Waals surface area contributed by atoms with E-state index in [9.17, 15) is 9.18 Å². The Morgan fingerprint density at radius 1 is 1.32 bits per heavy atom. The SMILES string of the molecule is COc1cc2ccn(C(=O)OC(C)(C)C)c2cc1F. The van der Waals surface area contributed by atoms with Crippen LogP contribution in [0, 0.1) is 5.82 Å². The quantitative estimate of drug-likeness (QED) is 0.791. The summed E-state index contributed by atoms with van der Waals surface area (Å²) in [6.07, 6.45) is 1.02. The Kier molecular flexibility index (Phi) is 3.22. The second-order valence-electron chi connectivity index (χ2n) is 5.21. The predicted molar refractivity (Wildman–Crippen MR) is 70.1 cm³/mol. The Labute approximate surface area is 110 Å². The number of rotatable bonds is 1. The Morgan fingerprint density at radius 2 is 2.00 bits per heavy atom. The van der Waals surface area contributed by atoms with Gasteiger partial charge in [0.25, 0.3) is 0 Å². The molecule has 2 rings (SSSR count). The molecule has 0 unspecified atom stereocenters. The standard InChI is InChI=1S/C14H16FNO3/c1-14(2,3)19-13(17)16-6-5-9-7-12(18-4)10(15)8-11(9)16/h5-8H,1-4H3. The van der Waals surface area contributed by atoms with Gasteiger partial charge in [-0.3, -0.25) is 4.57 Å². The van der Waals surface area contributed by atoms with Crippen molar-refractivity contribution in [3.8, 4) is 5.75 Å². The number of benzene rings is 1. The molecule has 1 heterocycles. The van der Waals surface area contributed by atoms with Gasteiger partial charge in [-0.15, -0.1) is 0 Å². The zero-order chi connectivity index (χ0) is 14.2. The molecule has 0 saturated carbocycles. The van der Waals surface area contributed by atoms with Gasteiger partial charge in [-0.1, -0.05) is 0 Å². The molecule has 1 aromatic carbocycles. The first-order chi connectivity index (χ1) is 8.81. The number of hydrogen-bond acceptors (Lipinski definition) is 3. The third-order valence-corrected chi connectivity index (χ3v) is 2.55. The van der Waals surface area contributed by atoms with Crippen molar-refractivity contribution in [2.75, 3.05) is 7.11 Å². The molecule has 0 saturated heterocycles. The maximum atomic E-state index is 13.7. The normalized spacial score (nSPS) is 11.6. The molecule has 2 aromatic rings. The van der Waals surface area contributed by atoms with Gasteiger partial charge in [0.05, 0.1) is 12.6 Å². The first-order valence-electron chi connectivity index (χ1n) is 5.90. The zero-order valence-electron chi connectivity index (χ0n) is 11.4. The van der Waals surface area contributed by atoms with Crippen molar-refractivity contribution in [2.24, 2.45) is 0 Å². The van der Waals surface area contributed by atoms with Crippen LogP contribution in [0.5, 0.6) is 5.75 Å². The fraction of sp³-hybridized carbons (Fsp3) is 0.357. The lowest BCUT2D eigenvalue weighted by Gasteiger charge is -2.19. The molecule has 0 atom stereocenters. The van der Waals surface area contributed by atoms with Crippen molar-refractivity contribution < 1.29 is 18.7 Å². The van der Waals surface area contributed by atoms with E-state index in [1.54, 1.807) is 39.1 Å². The molecule has 0 fully saturated rings. The van der Waals surface area contributed by atoms with Crippen LogP contribution in [0.4, 0.5) is 9.18 Å². The molecule has 0 bridgehead atoms. The number of carbonyl (C=O) groups excluding carboxylic acids is 1. The van der Waals surface area contributed by atoms with Gasteiger partial charge in [0.1, 0.15) is 5.60 Å². The molecule has 0 aliphatic rings. The Balaban J connectivity index is 2.46. The fourth-order valence-electron chi connectivity index (χ4n) is 1.76. The van der Waals surface area contributed by atoms with Crippen LogP contribution in [0.3, 0.4) is 0 Å². The van der Waals surface area contributed by atoms with E-state index in [-0.39, 0.29) is 5.75 Å². The predicted octanol–water partition coefficient (Wildman–Crippen LogP) is 3.57. The van der Waals surface area contributed by atoms with Crippen LogP contribution in [0.15, 0.2) is 24.4 Å². The Bertz CT molecular complexity index is 625. The number of aromatic nitrogens is 1. The van der Waals surface area contributed by atoms with E-state index in [0.717, 1.165) is 0 Å². The molecular formula is C14H16FNO3. The molecule has 1 aromatic heterocycles. The van der Waals surface area contributed by atoms with Crippen LogP contribution in [-0.4, -0.2) is 23.4 Å². The molecule has 19 heavy (non-hydrogen) atoms. The molecule has 0 aliphatic carbocycles. The van der Waals surface area contributed by atoms with Crippen LogP contribution in [0.1, 0.15) is 20.8 Å². The molecule has 0 spiro atoms. The van der Waals surface area contributed by atoms with Crippen molar-refractivity contribution in [3.63, 3.8) is 0 Å². The molecule has 0 aliphatic heterocycles. The van der Waals surface area contributed by atoms with Gasteiger partial charge in [0.15, 0.2) is 11.6 Å². The van der Waals surface area contributed by atoms with Crippen molar-refractivity contribution in [1.82, 2.24) is 4.57 Å². The van der Waals surface area contributed by atoms with E-state index >= 15 is 0 Å². The van der Waals surface area contributed by atoms with Crippen molar-refractivity contribution in [3.05, 3.63) is 30.2 Å². The summed E-state index contributed by atoms with van der Waals surface area (Å²) in [5.41, 5.74) is -0.147. The van der Waals surface area contributed by atoms with Crippen LogP contribution in [-0.2, 0) is 4.74 Å². The van der Waals surface area contributed by atoms with Crippen LogP contribution >= 0.6 is 0 Å². The highest BCUT2D eigenvalue weighted by Gasteiger charge is 2.19. The third kappa shape index (κ3) is 2.70. The number of carbonyl (C=O) groups is 1. The van der Waals surface area contributed by atoms with Gasteiger partial charge in [-0.2, -0.15) is 0 Å². The van der Waals surface area contributed by atoms with Crippen LogP contribution in [0.25, 0.3) is 10.9 Å². The number of ether oxygens (including phenoxy) is 2. The number of methoxy groups -OCH3 is 1. The largest absolute Gasteiger partial charge is 0.494 e. The smallest absolute Gasteiger partial charge is 0.418 e. The van der Waals surface area contributed by atoms with E-state index in [0.29, 0.717) is 10.9 Å². The minimum atomic E-state index is -0.599. The maximum Gasteiger partial charge on any atom is 0.418 e. The average Bonchev–Trinajstić information content (AvgIpc) is 2.68. The lowest BCUT2D eigenvalue weighted by atomic mass is 10.2.